The van der Waals surface area contributed by atoms with Crippen LogP contribution in [0, 0.1) is 6.92 Å². The highest BCUT2D eigenvalue weighted by Crippen LogP contribution is 2.33. The van der Waals surface area contributed by atoms with Crippen LogP contribution in [0.5, 0.6) is 0 Å². The average molecular weight is 492 g/mol. The van der Waals surface area contributed by atoms with Crippen molar-refractivity contribution in [3.8, 4) is 22.5 Å². The van der Waals surface area contributed by atoms with Crippen molar-refractivity contribution in [2.75, 3.05) is 11.1 Å². The molecule has 2 heterocycles. The van der Waals surface area contributed by atoms with E-state index in [1.165, 1.54) is 40.0 Å². The lowest BCUT2D eigenvalue weighted by Gasteiger charge is -2.01. The van der Waals surface area contributed by atoms with E-state index in [1.54, 1.807) is 12.1 Å². The summed E-state index contributed by atoms with van der Waals surface area (Å²) < 4.78 is 0.797. The molecule has 2 aromatic carbocycles. The zero-order chi connectivity index (χ0) is 21.1. The third kappa shape index (κ3) is 5.22. The minimum atomic E-state index is -0.119. The van der Waals surface area contributed by atoms with Gasteiger partial charge in [-0.05, 0) is 25.1 Å². The van der Waals surface area contributed by atoms with E-state index in [-0.39, 0.29) is 11.7 Å². The van der Waals surface area contributed by atoms with Crippen molar-refractivity contribution in [1.82, 2.24) is 9.97 Å². The number of anilines is 1. The summed E-state index contributed by atoms with van der Waals surface area (Å²) in [5.41, 5.74) is 4.67. The first-order valence-electron chi connectivity index (χ1n) is 8.84. The molecular weight excluding hydrogens is 477 g/mol. The molecule has 0 saturated carbocycles. The van der Waals surface area contributed by atoms with Crippen molar-refractivity contribution in [3.63, 3.8) is 0 Å². The molecule has 0 saturated heterocycles. The van der Waals surface area contributed by atoms with Crippen LogP contribution in [0.1, 0.15) is 5.56 Å². The van der Waals surface area contributed by atoms with E-state index in [1.807, 2.05) is 48.0 Å². The number of nitrogens with one attached hydrogen (secondary N) is 1. The van der Waals surface area contributed by atoms with Crippen molar-refractivity contribution in [3.05, 3.63) is 68.8 Å². The summed E-state index contributed by atoms with van der Waals surface area (Å²) >= 11 is 16.5. The summed E-state index contributed by atoms with van der Waals surface area (Å²) in [6.45, 7) is 2.05. The smallest absolute Gasteiger partial charge is 0.236 e. The molecule has 1 amide bonds. The number of aromatic nitrogens is 2. The summed E-state index contributed by atoms with van der Waals surface area (Å²) in [4.78, 5) is 21.4. The number of thioether (sulfide) groups is 1. The Morgan fingerprint density at radius 3 is 2.57 bits per heavy atom. The van der Waals surface area contributed by atoms with Gasteiger partial charge in [0.2, 0.25) is 5.91 Å². The van der Waals surface area contributed by atoms with Crippen molar-refractivity contribution >= 4 is 68.7 Å². The van der Waals surface area contributed by atoms with Gasteiger partial charge in [-0.1, -0.05) is 64.8 Å². The van der Waals surface area contributed by atoms with Crippen LogP contribution in [0.15, 0.2) is 57.6 Å². The number of halogens is 2. The molecular formula is C21H15Cl2N3OS3. The number of nitrogens with zero attached hydrogens (tertiary/aromatic N) is 2. The second-order valence-corrected chi connectivity index (χ2v) is 10.1. The fraction of sp³-hybridized carbons (Fsp3) is 0.0952. The molecule has 4 aromatic rings. The van der Waals surface area contributed by atoms with Gasteiger partial charge in [0.15, 0.2) is 9.47 Å². The largest absolute Gasteiger partial charge is 0.301 e. The number of aryl methyl sites for hydroxylation is 1. The van der Waals surface area contributed by atoms with E-state index in [0.717, 1.165) is 26.9 Å². The Kier molecular flexibility index (Phi) is 6.75. The molecule has 0 atom stereocenters. The number of benzene rings is 2. The predicted molar refractivity (Wildman–Crippen MR) is 129 cm³/mol. The van der Waals surface area contributed by atoms with Gasteiger partial charge in [-0.15, -0.1) is 22.7 Å². The molecule has 30 heavy (non-hydrogen) atoms. The Morgan fingerprint density at radius 2 is 1.80 bits per heavy atom. The Morgan fingerprint density at radius 1 is 1.03 bits per heavy atom. The van der Waals surface area contributed by atoms with Gasteiger partial charge in [0.1, 0.15) is 0 Å². The Bertz CT molecular complexity index is 1190. The maximum absolute atomic E-state index is 12.3. The molecule has 0 fully saturated rings. The lowest BCUT2D eigenvalue weighted by atomic mass is 10.1. The lowest BCUT2D eigenvalue weighted by molar-refractivity contribution is -0.113. The molecule has 4 nitrogen and oxygen atoms in total. The van der Waals surface area contributed by atoms with Gasteiger partial charge in [-0.2, -0.15) is 0 Å². The fourth-order valence-corrected chi connectivity index (χ4v) is 5.48. The number of hydrogen-bond acceptors (Lipinski definition) is 6. The molecule has 152 valence electrons. The van der Waals surface area contributed by atoms with Crippen LogP contribution in [0.2, 0.25) is 10.0 Å². The zero-order valence-corrected chi connectivity index (χ0v) is 19.6. The first-order chi connectivity index (χ1) is 14.5. The van der Waals surface area contributed by atoms with Crippen LogP contribution in [0.3, 0.4) is 0 Å². The molecule has 0 aliphatic heterocycles. The average Bonchev–Trinajstić information content (AvgIpc) is 3.37. The Labute approximate surface area is 196 Å². The SMILES string of the molecule is Cc1ccc(-c2csc(NC(=O)CSc3nc(-c4ccc(Cl)cc4Cl)cs3)n2)cc1. The number of amides is 1. The van der Waals surface area contributed by atoms with Gasteiger partial charge < -0.3 is 5.32 Å². The van der Waals surface area contributed by atoms with E-state index in [9.17, 15) is 4.79 Å². The third-order valence-corrected chi connectivity index (χ3v) is 7.44. The highest BCUT2D eigenvalue weighted by molar-refractivity contribution is 8.01. The van der Waals surface area contributed by atoms with Crippen LogP contribution >= 0.6 is 57.6 Å². The zero-order valence-electron chi connectivity index (χ0n) is 15.7. The molecule has 0 bridgehead atoms. The van der Waals surface area contributed by atoms with Crippen LogP contribution < -0.4 is 5.32 Å². The molecule has 1 N–H and O–H groups in total. The van der Waals surface area contributed by atoms with E-state index < -0.39 is 0 Å². The minimum absolute atomic E-state index is 0.119. The second kappa shape index (κ2) is 9.49. The number of carbonyl (C=O) groups is 1. The first-order valence-corrected chi connectivity index (χ1v) is 12.3. The second-order valence-electron chi connectivity index (χ2n) is 6.36. The van der Waals surface area contributed by atoms with Crippen LogP contribution in [-0.4, -0.2) is 21.6 Å². The van der Waals surface area contributed by atoms with E-state index in [4.69, 9.17) is 23.2 Å². The molecule has 0 spiro atoms. The van der Waals surface area contributed by atoms with Gasteiger partial charge in [-0.25, -0.2) is 9.97 Å². The molecule has 2 aromatic heterocycles. The Hall–Kier alpha value is -1.90. The molecule has 0 aliphatic rings. The van der Waals surface area contributed by atoms with E-state index >= 15 is 0 Å². The third-order valence-electron chi connectivity index (χ3n) is 4.11. The topological polar surface area (TPSA) is 54.9 Å². The fourth-order valence-electron chi connectivity index (χ4n) is 2.62. The van der Waals surface area contributed by atoms with Crippen molar-refractivity contribution < 1.29 is 4.79 Å². The highest BCUT2D eigenvalue weighted by atomic mass is 35.5. The highest BCUT2D eigenvalue weighted by Gasteiger charge is 2.12. The maximum atomic E-state index is 12.3. The van der Waals surface area contributed by atoms with E-state index in [2.05, 4.69) is 15.3 Å². The summed E-state index contributed by atoms with van der Waals surface area (Å²) in [6.07, 6.45) is 0. The molecule has 0 aliphatic carbocycles. The van der Waals surface area contributed by atoms with Gasteiger partial charge in [-0.3, -0.25) is 4.79 Å². The van der Waals surface area contributed by atoms with Gasteiger partial charge >= 0.3 is 0 Å². The summed E-state index contributed by atoms with van der Waals surface area (Å²) in [5.74, 6) is 0.131. The standard InChI is InChI=1S/C21H15Cl2N3OS3/c1-12-2-4-13(5-3-12)17-9-28-20(24-17)26-19(27)11-30-21-25-18(10-29-21)15-7-6-14(22)8-16(15)23/h2-10H,11H2,1H3,(H,24,26,27). The molecule has 9 heteroatoms. The van der Waals surface area contributed by atoms with Crippen molar-refractivity contribution in [1.29, 1.82) is 0 Å². The van der Waals surface area contributed by atoms with Gasteiger partial charge in [0, 0.05) is 26.9 Å². The maximum Gasteiger partial charge on any atom is 0.236 e. The van der Waals surface area contributed by atoms with Crippen molar-refractivity contribution in [2.24, 2.45) is 0 Å². The quantitative estimate of drug-likeness (QED) is 0.288. The van der Waals surface area contributed by atoms with Crippen molar-refractivity contribution in [2.45, 2.75) is 11.3 Å². The number of thiazole rings is 2. The van der Waals surface area contributed by atoms with Crippen LogP contribution in [-0.2, 0) is 4.79 Å². The summed E-state index contributed by atoms with van der Waals surface area (Å²) in [5, 5.41) is 8.44. The first kappa shape index (κ1) is 21.3. The van der Waals surface area contributed by atoms with Crippen LogP contribution in [0.25, 0.3) is 22.5 Å². The van der Waals surface area contributed by atoms with E-state index in [0.29, 0.717) is 15.2 Å². The van der Waals surface area contributed by atoms with Gasteiger partial charge in [0.25, 0.3) is 0 Å². The molecule has 0 unspecified atom stereocenters. The predicted octanol–water partition coefficient (Wildman–Crippen LogP) is 7.28. The molecule has 4 rings (SSSR count). The number of hydrogen-bond donors (Lipinski definition) is 1. The minimum Gasteiger partial charge on any atom is -0.301 e. The summed E-state index contributed by atoms with van der Waals surface area (Å²) in [7, 11) is 0. The number of rotatable bonds is 6. The lowest BCUT2D eigenvalue weighted by Crippen LogP contribution is -2.13. The summed E-state index contributed by atoms with van der Waals surface area (Å²) in [6, 6.07) is 13.5. The van der Waals surface area contributed by atoms with Crippen LogP contribution in [0.4, 0.5) is 5.13 Å². The normalized spacial score (nSPS) is 10.9. The molecule has 0 radical (unpaired) electrons. The Balaban J connectivity index is 1.34. The monoisotopic (exact) mass is 491 g/mol. The van der Waals surface area contributed by atoms with Gasteiger partial charge in [0.05, 0.1) is 22.2 Å². The number of carbonyl (C=O) groups excluding carboxylic acids is 1.